The van der Waals surface area contributed by atoms with Gasteiger partial charge in [-0.2, -0.15) is 0 Å². The molecule has 31 heavy (non-hydrogen) atoms. The van der Waals surface area contributed by atoms with Gasteiger partial charge in [-0.05, 0) is 73.5 Å². The van der Waals surface area contributed by atoms with E-state index in [0.717, 1.165) is 11.1 Å². The Labute approximate surface area is 188 Å². The SMILES string of the molecule is Cc1ccc(-n2nc(C(=O)Nc3cccc(Cl)c3C)nc2-c2ccc(F)cc2)cc1Cl. The van der Waals surface area contributed by atoms with Gasteiger partial charge < -0.3 is 5.32 Å². The number of aryl methyl sites for hydroxylation is 1. The van der Waals surface area contributed by atoms with Crippen LogP contribution in [-0.2, 0) is 0 Å². The third kappa shape index (κ3) is 4.31. The highest BCUT2D eigenvalue weighted by molar-refractivity contribution is 6.32. The van der Waals surface area contributed by atoms with Crippen LogP contribution in [0.4, 0.5) is 10.1 Å². The zero-order valence-corrected chi connectivity index (χ0v) is 18.2. The minimum atomic E-state index is -0.495. The Bertz CT molecular complexity index is 1290. The van der Waals surface area contributed by atoms with Crippen molar-refractivity contribution in [3.63, 3.8) is 0 Å². The molecule has 1 aromatic heterocycles. The van der Waals surface area contributed by atoms with Crippen LogP contribution < -0.4 is 5.32 Å². The number of carbonyl (C=O) groups is 1. The third-order valence-corrected chi connectivity index (χ3v) is 5.65. The van der Waals surface area contributed by atoms with Gasteiger partial charge in [0.1, 0.15) is 5.82 Å². The van der Waals surface area contributed by atoms with Crippen LogP contribution >= 0.6 is 23.2 Å². The number of aromatic nitrogens is 3. The number of carbonyl (C=O) groups excluding carboxylic acids is 1. The van der Waals surface area contributed by atoms with Crippen molar-refractivity contribution in [3.8, 4) is 17.1 Å². The number of rotatable bonds is 4. The second kappa shape index (κ2) is 8.49. The van der Waals surface area contributed by atoms with Gasteiger partial charge >= 0.3 is 0 Å². The highest BCUT2D eigenvalue weighted by Gasteiger charge is 2.20. The molecule has 0 aliphatic rings. The summed E-state index contributed by atoms with van der Waals surface area (Å²) < 4.78 is 14.9. The summed E-state index contributed by atoms with van der Waals surface area (Å²) >= 11 is 12.4. The number of nitrogens with one attached hydrogen (secondary N) is 1. The lowest BCUT2D eigenvalue weighted by molar-refractivity contribution is 0.101. The van der Waals surface area contributed by atoms with Crippen LogP contribution in [0.3, 0.4) is 0 Å². The third-order valence-electron chi connectivity index (χ3n) is 4.83. The summed E-state index contributed by atoms with van der Waals surface area (Å²) in [6.07, 6.45) is 0. The number of anilines is 1. The molecular formula is C23H17Cl2FN4O. The van der Waals surface area contributed by atoms with Gasteiger partial charge in [0.15, 0.2) is 5.82 Å². The molecule has 0 aliphatic carbocycles. The lowest BCUT2D eigenvalue weighted by Gasteiger charge is -2.08. The van der Waals surface area contributed by atoms with E-state index in [-0.39, 0.29) is 11.6 Å². The van der Waals surface area contributed by atoms with Gasteiger partial charge in [0.25, 0.3) is 5.91 Å². The van der Waals surface area contributed by atoms with Crippen LogP contribution in [0, 0.1) is 19.7 Å². The summed E-state index contributed by atoms with van der Waals surface area (Å²) in [6, 6.07) is 16.5. The fourth-order valence-corrected chi connectivity index (χ4v) is 3.36. The van der Waals surface area contributed by atoms with Crippen LogP contribution in [0.2, 0.25) is 10.0 Å². The van der Waals surface area contributed by atoms with Crippen LogP contribution in [0.1, 0.15) is 21.7 Å². The Balaban J connectivity index is 1.78. The van der Waals surface area contributed by atoms with E-state index in [1.54, 1.807) is 36.4 Å². The van der Waals surface area contributed by atoms with E-state index in [4.69, 9.17) is 23.2 Å². The first-order chi connectivity index (χ1) is 14.8. The van der Waals surface area contributed by atoms with Gasteiger partial charge in [0, 0.05) is 21.3 Å². The summed E-state index contributed by atoms with van der Waals surface area (Å²) in [6.45, 7) is 3.70. The molecule has 0 fully saturated rings. The molecule has 1 heterocycles. The molecule has 1 amide bonds. The van der Waals surface area contributed by atoms with Crippen LogP contribution in [0.25, 0.3) is 17.1 Å². The monoisotopic (exact) mass is 454 g/mol. The zero-order chi connectivity index (χ0) is 22.1. The summed E-state index contributed by atoms with van der Waals surface area (Å²) in [5.41, 5.74) is 3.43. The van der Waals surface area contributed by atoms with Crippen molar-refractivity contribution in [1.29, 1.82) is 0 Å². The molecule has 0 bridgehead atoms. The average molecular weight is 455 g/mol. The quantitative estimate of drug-likeness (QED) is 0.396. The normalized spacial score (nSPS) is 10.9. The fourth-order valence-electron chi connectivity index (χ4n) is 3.01. The zero-order valence-electron chi connectivity index (χ0n) is 16.7. The van der Waals surface area contributed by atoms with Gasteiger partial charge in [-0.3, -0.25) is 4.79 Å². The molecule has 0 spiro atoms. The Kier molecular flexibility index (Phi) is 5.76. The standard InChI is InChI=1S/C23H17Cl2FN4O/c1-13-6-11-17(12-19(13)25)30-22(15-7-9-16(26)10-8-15)28-21(29-30)23(31)27-20-5-3-4-18(24)14(20)2/h3-12H,1-2H3,(H,27,31). The average Bonchev–Trinajstić information content (AvgIpc) is 3.19. The molecule has 5 nitrogen and oxygen atoms in total. The maximum Gasteiger partial charge on any atom is 0.295 e. The van der Waals surface area contributed by atoms with Gasteiger partial charge in [0.2, 0.25) is 5.82 Å². The summed E-state index contributed by atoms with van der Waals surface area (Å²) in [4.78, 5) is 17.3. The van der Waals surface area contributed by atoms with Crippen LogP contribution in [-0.4, -0.2) is 20.7 Å². The van der Waals surface area contributed by atoms with Crippen molar-refractivity contribution in [2.24, 2.45) is 0 Å². The number of amides is 1. The Morgan fingerprint density at radius 1 is 1.00 bits per heavy atom. The minimum absolute atomic E-state index is 0.0459. The van der Waals surface area contributed by atoms with Crippen LogP contribution in [0.15, 0.2) is 60.7 Å². The number of benzene rings is 3. The molecule has 4 aromatic rings. The number of nitrogens with zero attached hydrogens (tertiary/aromatic N) is 3. The number of hydrogen-bond acceptors (Lipinski definition) is 3. The summed E-state index contributed by atoms with van der Waals surface area (Å²) in [5.74, 6) is -0.531. The first-order valence-electron chi connectivity index (χ1n) is 9.39. The summed E-state index contributed by atoms with van der Waals surface area (Å²) in [5, 5.41) is 8.29. The van der Waals surface area contributed by atoms with Crippen molar-refractivity contribution in [2.45, 2.75) is 13.8 Å². The van der Waals surface area contributed by atoms with E-state index in [0.29, 0.717) is 32.8 Å². The van der Waals surface area contributed by atoms with Crippen molar-refractivity contribution in [1.82, 2.24) is 14.8 Å². The number of halogens is 3. The molecule has 1 N–H and O–H groups in total. The first kappa shape index (κ1) is 21.0. The van der Waals surface area contributed by atoms with E-state index in [1.165, 1.54) is 16.8 Å². The molecule has 156 valence electrons. The van der Waals surface area contributed by atoms with Gasteiger partial charge in [0.05, 0.1) is 5.69 Å². The largest absolute Gasteiger partial charge is 0.319 e. The molecule has 0 saturated heterocycles. The molecule has 0 radical (unpaired) electrons. The lowest BCUT2D eigenvalue weighted by atomic mass is 10.2. The highest BCUT2D eigenvalue weighted by Crippen LogP contribution is 2.26. The van der Waals surface area contributed by atoms with Crippen molar-refractivity contribution in [2.75, 3.05) is 5.32 Å². The Morgan fingerprint density at radius 3 is 2.45 bits per heavy atom. The maximum atomic E-state index is 13.4. The molecule has 0 aliphatic heterocycles. The van der Waals surface area contributed by atoms with E-state index in [1.807, 2.05) is 26.0 Å². The highest BCUT2D eigenvalue weighted by atomic mass is 35.5. The molecule has 4 rings (SSSR count). The molecule has 3 aromatic carbocycles. The van der Waals surface area contributed by atoms with Gasteiger partial charge in [-0.25, -0.2) is 14.1 Å². The second-order valence-electron chi connectivity index (χ2n) is 6.98. The van der Waals surface area contributed by atoms with Gasteiger partial charge in [-0.1, -0.05) is 35.3 Å². The van der Waals surface area contributed by atoms with Crippen molar-refractivity contribution < 1.29 is 9.18 Å². The fraction of sp³-hybridized carbons (Fsp3) is 0.0870. The molecule has 0 atom stereocenters. The van der Waals surface area contributed by atoms with E-state index in [2.05, 4.69) is 15.4 Å². The van der Waals surface area contributed by atoms with Crippen LogP contribution in [0.5, 0.6) is 0 Å². The molecule has 0 unspecified atom stereocenters. The maximum absolute atomic E-state index is 13.4. The Morgan fingerprint density at radius 2 is 1.74 bits per heavy atom. The molecule has 0 saturated carbocycles. The molecular weight excluding hydrogens is 438 g/mol. The second-order valence-corrected chi connectivity index (χ2v) is 7.79. The first-order valence-corrected chi connectivity index (χ1v) is 10.1. The lowest BCUT2D eigenvalue weighted by Crippen LogP contribution is -2.15. The van der Waals surface area contributed by atoms with E-state index in [9.17, 15) is 9.18 Å². The minimum Gasteiger partial charge on any atom is -0.319 e. The number of hydrogen-bond donors (Lipinski definition) is 1. The van der Waals surface area contributed by atoms with E-state index < -0.39 is 5.91 Å². The van der Waals surface area contributed by atoms with Crippen molar-refractivity contribution >= 4 is 34.8 Å². The Hall–Kier alpha value is -3.22. The smallest absolute Gasteiger partial charge is 0.295 e. The predicted molar refractivity (Wildman–Crippen MR) is 121 cm³/mol. The topological polar surface area (TPSA) is 59.8 Å². The summed E-state index contributed by atoms with van der Waals surface area (Å²) in [7, 11) is 0. The predicted octanol–water partition coefficient (Wildman–Crippen LogP) is 6.25. The molecule has 8 heteroatoms. The van der Waals surface area contributed by atoms with Crippen molar-refractivity contribution in [3.05, 3.63) is 93.5 Å². The van der Waals surface area contributed by atoms with E-state index >= 15 is 0 Å². The van der Waals surface area contributed by atoms with Gasteiger partial charge in [-0.15, -0.1) is 5.10 Å².